The highest BCUT2D eigenvalue weighted by Gasteiger charge is 2.53. The molecule has 2 aromatic carbocycles. The molecule has 1 N–H and O–H groups in total. The molecule has 0 fully saturated rings. The zero-order valence-corrected chi connectivity index (χ0v) is 18.3. The molecule has 0 spiro atoms. The fourth-order valence-corrected chi connectivity index (χ4v) is 4.98. The largest absolute Gasteiger partial charge is 1.00 e. The molecule has 6 heteroatoms. The number of halogens is 1. The lowest BCUT2D eigenvalue weighted by atomic mass is 10.0. The summed E-state index contributed by atoms with van der Waals surface area (Å²) >= 11 is 1.84. The topological polar surface area (TPSA) is 35.7 Å². The standard InChI is InChI=1S/C21H25N2O2S.BrH/c1-15-5-6-16(2)19(13-15)22-14-21(24,23-11-4-12-26-20(22)23)17-7-9-18(25-3)10-8-17;/h5-10,13,24H,4,11-12,14H2,1-3H3;1H/q+1;/p-1. The van der Waals surface area contributed by atoms with Crippen LogP contribution in [0.1, 0.15) is 23.1 Å². The van der Waals surface area contributed by atoms with Gasteiger partial charge in [-0.05, 0) is 73.5 Å². The third-order valence-electron chi connectivity index (χ3n) is 5.25. The van der Waals surface area contributed by atoms with Crippen LogP contribution in [0.5, 0.6) is 5.75 Å². The summed E-state index contributed by atoms with van der Waals surface area (Å²) in [7, 11) is 1.66. The van der Waals surface area contributed by atoms with Gasteiger partial charge in [0.05, 0.1) is 13.7 Å². The molecule has 0 aliphatic carbocycles. The van der Waals surface area contributed by atoms with Crippen molar-refractivity contribution < 1.29 is 31.4 Å². The maximum absolute atomic E-state index is 11.7. The molecule has 4 nitrogen and oxygen atoms in total. The maximum atomic E-state index is 11.7. The molecule has 2 aliphatic rings. The number of β-amino-alcohol motifs (C(OH)–C–C–N with tert-alkyl or cyclic N) is 1. The molecule has 4 rings (SSSR count). The third kappa shape index (κ3) is 3.50. The highest BCUT2D eigenvalue weighted by Crippen LogP contribution is 2.39. The Labute approximate surface area is 175 Å². The van der Waals surface area contributed by atoms with Crippen molar-refractivity contribution in [1.82, 2.24) is 0 Å². The van der Waals surface area contributed by atoms with Crippen LogP contribution in [-0.4, -0.2) is 40.8 Å². The molecule has 0 aromatic heterocycles. The number of ether oxygens (including phenoxy) is 1. The van der Waals surface area contributed by atoms with E-state index in [9.17, 15) is 5.11 Å². The molecule has 0 saturated heterocycles. The predicted octanol–water partition coefficient (Wildman–Crippen LogP) is 0.487. The fraction of sp³-hybridized carbons (Fsp3) is 0.381. The Bertz CT molecular complexity index is 869. The summed E-state index contributed by atoms with van der Waals surface area (Å²) in [6.07, 6.45) is 1.08. The van der Waals surface area contributed by atoms with Crippen molar-refractivity contribution >= 4 is 22.6 Å². The van der Waals surface area contributed by atoms with Gasteiger partial charge in [-0.15, -0.1) is 0 Å². The van der Waals surface area contributed by atoms with Crippen molar-refractivity contribution in [2.75, 3.05) is 30.9 Å². The van der Waals surface area contributed by atoms with Crippen LogP contribution in [-0.2, 0) is 5.72 Å². The first-order valence-electron chi connectivity index (χ1n) is 9.02. The Hall–Kier alpha value is -1.50. The zero-order valence-electron chi connectivity index (χ0n) is 15.9. The number of anilines is 1. The fourth-order valence-electron chi connectivity index (χ4n) is 3.80. The summed E-state index contributed by atoms with van der Waals surface area (Å²) < 4.78 is 7.45. The molecule has 0 saturated carbocycles. The van der Waals surface area contributed by atoms with Gasteiger partial charge in [0.1, 0.15) is 11.4 Å². The van der Waals surface area contributed by atoms with Crippen LogP contribution in [0.2, 0.25) is 0 Å². The number of hydrogen-bond acceptors (Lipinski definition) is 4. The Morgan fingerprint density at radius 2 is 1.89 bits per heavy atom. The van der Waals surface area contributed by atoms with Crippen molar-refractivity contribution in [2.24, 2.45) is 0 Å². The Kier molecular flexibility index (Phi) is 5.89. The number of aryl methyl sites for hydroxylation is 2. The second-order valence-electron chi connectivity index (χ2n) is 7.06. The van der Waals surface area contributed by atoms with Crippen LogP contribution < -0.4 is 26.6 Å². The van der Waals surface area contributed by atoms with Gasteiger partial charge in [0.25, 0.3) is 5.72 Å². The number of aliphatic hydroxyl groups is 1. The molecule has 27 heavy (non-hydrogen) atoms. The summed E-state index contributed by atoms with van der Waals surface area (Å²) in [5.41, 5.74) is 3.53. The van der Waals surface area contributed by atoms with E-state index in [1.165, 1.54) is 16.8 Å². The summed E-state index contributed by atoms with van der Waals surface area (Å²) in [5.74, 6) is 1.89. The van der Waals surface area contributed by atoms with Crippen LogP contribution in [0.15, 0.2) is 42.5 Å². The van der Waals surface area contributed by atoms with Crippen LogP contribution >= 0.6 is 11.8 Å². The maximum Gasteiger partial charge on any atom is 0.316 e. The molecule has 2 aromatic rings. The number of amidine groups is 1. The molecular formula is C21H25BrN2O2S. The van der Waals surface area contributed by atoms with E-state index in [1.807, 2.05) is 36.0 Å². The van der Waals surface area contributed by atoms with E-state index >= 15 is 0 Å². The minimum atomic E-state index is -1.02. The number of hydrogen-bond donors (Lipinski definition) is 1. The molecule has 144 valence electrons. The molecule has 0 bridgehead atoms. The van der Waals surface area contributed by atoms with Crippen molar-refractivity contribution in [2.45, 2.75) is 26.0 Å². The van der Waals surface area contributed by atoms with E-state index in [0.29, 0.717) is 6.54 Å². The van der Waals surface area contributed by atoms with Crippen molar-refractivity contribution in [1.29, 1.82) is 0 Å². The summed E-state index contributed by atoms with van der Waals surface area (Å²) in [6, 6.07) is 14.3. The average molecular weight is 449 g/mol. The van der Waals surface area contributed by atoms with E-state index in [2.05, 4.69) is 41.5 Å². The third-order valence-corrected chi connectivity index (χ3v) is 6.44. The molecule has 0 radical (unpaired) electrons. The van der Waals surface area contributed by atoms with Crippen LogP contribution in [0.25, 0.3) is 0 Å². The van der Waals surface area contributed by atoms with E-state index in [4.69, 9.17) is 4.74 Å². The Morgan fingerprint density at radius 1 is 1.15 bits per heavy atom. The number of thioether (sulfide) groups is 1. The molecular weight excluding hydrogens is 424 g/mol. The van der Waals surface area contributed by atoms with Gasteiger partial charge in [-0.1, -0.05) is 12.1 Å². The van der Waals surface area contributed by atoms with E-state index in [-0.39, 0.29) is 17.0 Å². The van der Waals surface area contributed by atoms with Gasteiger partial charge in [0.2, 0.25) is 0 Å². The molecule has 2 heterocycles. The molecule has 0 amide bonds. The summed E-state index contributed by atoms with van der Waals surface area (Å²) in [5, 5.41) is 12.9. The SMILES string of the molecule is COc1ccc(C2(O)CN(c3cc(C)ccc3C)C3=[N+]2CCCS3)cc1.[Br-]. The molecule has 2 aliphatic heterocycles. The normalized spacial score (nSPS) is 21.7. The van der Waals surface area contributed by atoms with Crippen molar-refractivity contribution in [3.05, 3.63) is 59.2 Å². The first-order chi connectivity index (χ1) is 12.5. The van der Waals surface area contributed by atoms with Gasteiger partial charge in [-0.25, -0.2) is 9.48 Å². The van der Waals surface area contributed by atoms with Crippen molar-refractivity contribution in [3.8, 4) is 5.75 Å². The second-order valence-corrected chi connectivity index (χ2v) is 8.12. The van der Waals surface area contributed by atoms with Gasteiger partial charge in [0.15, 0.2) is 6.54 Å². The van der Waals surface area contributed by atoms with Gasteiger partial charge < -0.3 is 26.8 Å². The van der Waals surface area contributed by atoms with E-state index in [1.54, 1.807) is 7.11 Å². The van der Waals surface area contributed by atoms with Gasteiger partial charge in [-0.2, -0.15) is 0 Å². The molecule has 1 atom stereocenters. The lowest BCUT2D eigenvalue weighted by Gasteiger charge is -2.24. The Morgan fingerprint density at radius 3 is 2.59 bits per heavy atom. The highest BCUT2D eigenvalue weighted by molar-refractivity contribution is 8.13. The summed E-state index contributed by atoms with van der Waals surface area (Å²) in [6.45, 7) is 5.65. The highest BCUT2D eigenvalue weighted by atomic mass is 79.9. The lowest BCUT2D eigenvalue weighted by molar-refractivity contribution is -0.656. The van der Waals surface area contributed by atoms with Gasteiger partial charge in [0, 0.05) is 11.3 Å². The van der Waals surface area contributed by atoms with E-state index < -0.39 is 5.72 Å². The van der Waals surface area contributed by atoms with E-state index in [0.717, 1.165) is 35.2 Å². The van der Waals surface area contributed by atoms with Crippen LogP contribution in [0.3, 0.4) is 0 Å². The van der Waals surface area contributed by atoms with Crippen LogP contribution in [0.4, 0.5) is 5.69 Å². The number of nitrogens with zero attached hydrogens (tertiary/aromatic N) is 2. The first-order valence-corrected chi connectivity index (χ1v) is 10.0. The number of methoxy groups -OCH3 is 1. The first kappa shape index (κ1) is 20.2. The number of benzene rings is 2. The molecule has 1 unspecified atom stereocenters. The smallest absolute Gasteiger partial charge is 0.316 e. The van der Waals surface area contributed by atoms with Gasteiger partial charge >= 0.3 is 5.17 Å². The minimum absolute atomic E-state index is 0. The zero-order chi connectivity index (χ0) is 18.3. The van der Waals surface area contributed by atoms with Crippen molar-refractivity contribution in [3.63, 3.8) is 0 Å². The minimum Gasteiger partial charge on any atom is -1.00 e. The van der Waals surface area contributed by atoms with Crippen LogP contribution in [0, 0.1) is 13.8 Å². The quantitative estimate of drug-likeness (QED) is 0.693. The number of rotatable bonds is 3. The Balaban J connectivity index is 0.00000210. The van der Waals surface area contributed by atoms with Gasteiger partial charge in [-0.3, -0.25) is 0 Å². The average Bonchev–Trinajstić information content (AvgIpc) is 2.98. The lowest BCUT2D eigenvalue weighted by Crippen LogP contribution is -3.00. The predicted molar refractivity (Wildman–Crippen MR) is 107 cm³/mol. The monoisotopic (exact) mass is 448 g/mol. The summed E-state index contributed by atoms with van der Waals surface area (Å²) in [4.78, 5) is 2.29. The second kappa shape index (κ2) is 7.86.